The molecule has 118 valence electrons. The van der Waals surface area contributed by atoms with Crippen LogP contribution in [-0.4, -0.2) is 19.7 Å². The molecule has 0 fully saturated rings. The molecule has 0 saturated carbocycles. The van der Waals surface area contributed by atoms with Crippen molar-refractivity contribution in [3.8, 4) is 0 Å². The van der Waals surface area contributed by atoms with Crippen LogP contribution in [0.1, 0.15) is 28.5 Å². The third-order valence-corrected chi connectivity index (χ3v) is 3.81. The lowest BCUT2D eigenvalue weighted by atomic mass is 10.1. The third kappa shape index (κ3) is 3.53. The van der Waals surface area contributed by atoms with Gasteiger partial charge in [0.25, 0.3) is 5.56 Å². The molecule has 0 aliphatic rings. The number of benzene rings is 1. The van der Waals surface area contributed by atoms with Crippen LogP contribution in [0.5, 0.6) is 0 Å². The fourth-order valence-corrected chi connectivity index (χ4v) is 2.29. The quantitative estimate of drug-likeness (QED) is 0.721. The maximum Gasteiger partial charge on any atom is 0.256 e. The van der Waals surface area contributed by atoms with Crippen molar-refractivity contribution >= 4 is 0 Å². The van der Waals surface area contributed by atoms with Crippen LogP contribution in [0.2, 0.25) is 0 Å². The summed E-state index contributed by atoms with van der Waals surface area (Å²) in [6.45, 7) is 3.82. The number of aryl methyl sites for hydroxylation is 3. The maximum absolute atomic E-state index is 12.1. The van der Waals surface area contributed by atoms with Crippen LogP contribution in [0.4, 0.5) is 0 Å². The zero-order valence-electron chi connectivity index (χ0n) is 13.2. The number of hydrogen-bond donors (Lipinski definition) is 0. The summed E-state index contributed by atoms with van der Waals surface area (Å²) in [6, 6.07) is 10.2. The smallest absolute Gasteiger partial charge is 0.256 e. The molecule has 3 aromatic rings. The first kappa shape index (κ1) is 15.1. The topological polar surface area (TPSA) is 73.8 Å². The SMILES string of the molecule is Cc1ncn(Cc2nc(CCc3ccccc3)no2)c(=O)c1C. The Morgan fingerprint density at radius 1 is 1.13 bits per heavy atom. The van der Waals surface area contributed by atoms with E-state index in [1.165, 1.54) is 16.5 Å². The van der Waals surface area contributed by atoms with Crippen molar-refractivity contribution in [3.05, 3.63) is 75.5 Å². The van der Waals surface area contributed by atoms with Gasteiger partial charge in [-0.3, -0.25) is 9.36 Å². The van der Waals surface area contributed by atoms with Crippen LogP contribution in [0.15, 0.2) is 46.0 Å². The summed E-state index contributed by atoms with van der Waals surface area (Å²) < 4.78 is 6.72. The predicted molar refractivity (Wildman–Crippen MR) is 85.2 cm³/mol. The summed E-state index contributed by atoms with van der Waals surface area (Å²) >= 11 is 0. The lowest BCUT2D eigenvalue weighted by molar-refractivity contribution is 0.364. The van der Waals surface area contributed by atoms with E-state index < -0.39 is 0 Å². The molecule has 0 amide bonds. The maximum atomic E-state index is 12.1. The Labute approximate surface area is 133 Å². The Bertz CT molecular complexity index is 853. The number of rotatable bonds is 5. The van der Waals surface area contributed by atoms with Crippen LogP contribution < -0.4 is 5.56 Å². The summed E-state index contributed by atoms with van der Waals surface area (Å²) in [5, 5.41) is 3.98. The highest BCUT2D eigenvalue weighted by molar-refractivity contribution is 5.15. The molecule has 0 atom stereocenters. The lowest BCUT2D eigenvalue weighted by Crippen LogP contribution is -2.24. The van der Waals surface area contributed by atoms with Crippen LogP contribution in [0.3, 0.4) is 0 Å². The number of hydrogen-bond acceptors (Lipinski definition) is 5. The molecule has 0 radical (unpaired) electrons. The van der Waals surface area contributed by atoms with Crippen LogP contribution in [0, 0.1) is 13.8 Å². The van der Waals surface area contributed by atoms with Crippen LogP contribution in [-0.2, 0) is 19.4 Å². The molecule has 6 heteroatoms. The zero-order valence-corrected chi connectivity index (χ0v) is 13.2. The average molecular weight is 310 g/mol. The Balaban J connectivity index is 1.68. The number of nitrogens with zero attached hydrogens (tertiary/aromatic N) is 4. The molecule has 0 aliphatic heterocycles. The molecule has 6 nitrogen and oxygen atoms in total. The van der Waals surface area contributed by atoms with Gasteiger partial charge in [0.15, 0.2) is 5.82 Å². The van der Waals surface area contributed by atoms with E-state index in [0.29, 0.717) is 23.7 Å². The molecule has 2 heterocycles. The second-order valence-corrected chi connectivity index (χ2v) is 5.48. The molecule has 0 bridgehead atoms. The van der Waals surface area contributed by atoms with Gasteiger partial charge in [0.2, 0.25) is 5.89 Å². The van der Waals surface area contributed by atoms with E-state index >= 15 is 0 Å². The van der Waals surface area contributed by atoms with Gasteiger partial charge in [-0.2, -0.15) is 4.98 Å². The van der Waals surface area contributed by atoms with Gasteiger partial charge in [0.1, 0.15) is 6.54 Å². The first-order valence-corrected chi connectivity index (χ1v) is 7.51. The largest absolute Gasteiger partial charge is 0.337 e. The van der Waals surface area contributed by atoms with Crippen molar-refractivity contribution in [2.75, 3.05) is 0 Å². The van der Waals surface area contributed by atoms with Crippen molar-refractivity contribution < 1.29 is 4.52 Å². The van der Waals surface area contributed by atoms with Gasteiger partial charge >= 0.3 is 0 Å². The molecule has 0 unspecified atom stereocenters. The van der Waals surface area contributed by atoms with E-state index in [-0.39, 0.29) is 12.1 Å². The second-order valence-electron chi connectivity index (χ2n) is 5.48. The highest BCUT2D eigenvalue weighted by Gasteiger charge is 2.10. The molecular formula is C17H18N4O2. The molecule has 0 N–H and O–H groups in total. The summed E-state index contributed by atoms with van der Waals surface area (Å²) in [7, 11) is 0. The first-order chi connectivity index (χ1) is 11.1. The summed E-state index contributed by atoms with van der Waals surface area (Å²) in [5.74, 6) is 1.06. The fourth-order valence-electron chi connectivity index (χ4n) is 2.29. The third-order valence-electron chi connectivity index (χ3n) is 3.81. The molecule has 23 heavy (non-hydrogen) atoms. The van der Waals surface area contributed by atoms with Crippen LogP contribution >= 0.6 is 0 Å². The minimum Gasteiger partial charge on any atom is -0.337 e. The van der Waals surface area contributed by atoms with Crippen molar-refractivity contribution in [1.29, 1.82) is 0 Å². The van der Waals surface area contributed by atoms with Gasteiger partial charge in [-0.1, -0.05) is 35.5 Å². The van der Waals surface area contributed by atoms with E-state index in [9.17, 15) is 4.79 Å². The van der Waals surface area contributed by atoms with Crippen molar-refractivity contribution in [3.63, 3.8) is 0 Å². The molecule has 0 aliphatic carbocycles. The predicted octanol–water partition coefficient (Wildman–Crippen LogP) is 2.08. The monoisotopic (exact) mass is 310 g/mol. The number of aromatic nitrogens is 4. The second kappa shape index (κ2) is 6.56. The molecule has 2 aromatic heterocycles. The first-order valence-electron chi connectivity index (χ1n) is 7.51. The van der Waals surface area contributed by atoms with E-state index in [0.717, 1.165) is 12.1 Å². The van der Waals surface area contributed by atoms with E-state index in [4.69, 9.17) is 4.52 Å². The van der Waals surface area contributed by atoms with E-state index in [1.807, 2.05) is 25.1 Å². The molecule has 0 spiro atoms. The normalized spacial score (nSPS) is 10.9. The van der Waals surface area contributed by atoms with Gasteiger partial charge in [-0.25, -0.2) is 4.98 Å². The van der Waals surface area contributed by atoms with Gasteiger partial charge in [-0.05, 0) is 25.8 Å². The molecule has 1 aromatic carbocycles. The summed E-state index contributed by atoms with van der Waals surface area (Å²) in [6.07, 6.45) is 3.07. The van der Waals surface area contributed by atoms with Crippen molar-refractivity contribution in [2.45, 2.75) is 33.2 Å². The highest BCUT2D eigenvalue weighted by atomic mass is 16.5. The van der Waals surface area contributed by atoms with Crippen LogP contribution in [0.25, 0.3) is 0 Å². The Kier molecular flexibility index (Phi) is 4.32. The van der Waals surface area contributed by atoms with Gasteiger partial charge in [0.05, 0.1) is 6.33 Å². The van der Waals surface area contributed by atoms with Crippen molar-refractivity contribution in [2.24, 2.45) is 0 Å². The fraction of sp³-hybridized carbons (Fsp3) is 0.294. The Morgan fingerprint density at radius 3 is 2.70 bits per heavy atom. The Hall–Kier alpha value is -2.76. The minimum atomic E-state index is -0.0819. The highest BCUT2D eigenvalue weighted by Crippen LogP contribution is 2.06. The van der Waals surface area contributed by atoms with Gasteiger partial charge in [0, 0.05) is 17.7 Å². The zero-order chi connectivity index (χ0) is 16.2. The average Bonchev–Trinajstić information content (AvgIpc) is 3.02. The lowest BCUT2D eigenvalue weighted by Gasteiger charge is -2.04. The molecule has 0 saturated heterocycles. The molecule has 3 rings (SSSR count). The summed E-state index contributed by atoms with van der Waals surface area (Å²) in [5.41, 5.74) is 2.52. The summed E-state index contributed by atoms with van der Waals surface area (Å²) in [4.78, 5) is 20.7. The van der Waals surface area contributed by atoms with E-state index in [2.05, 4.69) is 27.3 Å². The van der Waals surface area contributed by atoms with Gasteiger partial charge in [-0.15, -0.1) is 0 Å². The van der Waals surface area contributed by atoms with E-state index in [1.54, 1.807) is 6.92 Å². The van der Waals surface area contributed by atoms with Crippen molar-refractivity contribution in [1.82, 2.24) is 19.7 Å². The standard InChI is InChI=1S/C17H18N4O2/c1-12-13(2)18-11-21(17(12)22)10-16-19-15(20-23-16)9-8-14-6-4-3-5-7-14/h3-7,11H,8-10H2,1-2H3. The van der Waals surface area contributed by atoms with Gasteiger partial charge < -0.3 is 4.52 Å². The molecular weight excluding hydrogens is 292 g/mol. The minimum absolute atomic E-state index is 0.0819. The Morgan fingerprint density at radius 2 is 1.91 bits per heavy atom.